The highest BCUT2D eigenvalue weighted by Gasteiger charge is 2.40. The molecule has 1 fully saturated rings. The van der Waals surface area contributed by atoms with Crippen molar-refractivity contribution < 1.29 is 14.0 Å². The number of carbonyl (C=O) groups is 2. The van der Waals surface area contributed by atoms with Crippen molar-refractivity contribution in [2.24, 2.45) is 0 Å². The normalized spacial score (nSPS) is 16.3. The molecule has 1 aliphatic heterocycles. The highest BCUT2D eigenvalue weighted by atomic mass is 19.1. The van der Waals surface area contributed by atoms with E-state index >= 15 is 0 Å². The molecule has 1 atom stereocenters. The minimum atomic E-state index is -0.465. The maximum Gasteiger partial charge on any atom is 0.254 e. The van der Waals surface area contributed by atoms with E-state index in [9.17, 15) is 14.0 Å². The van der Waals surface area contributed by atoms with Gasteiger partial charge in [0.2, 0.25) is 5.91 Å². The number of para-hydroxylation sites is 2. The molecule has 2 amide bonds. The monoisotopic (exact) mass is 479 g/mol. The quantitative estimate of drug-likeness (QED) is 0.371. The number of hydrogen-bond acceptors (Lipinski definition) is 2. The van der Waals surface area contributed by atoms with Gasteiger partial charge >= 0.3 is 0 Å². The second-order valence-corrected chi connectivity index (χ2v) is 9.55. The summed E-state index contributed by atoms with van der Waals surface area (Å²) in [5.74, 6) is -0.947. The lowest BCUT2D eigenvalue weighted by Gasteiger charge is -2.39. The van der Waals surface area contributed by atoms with Gasteiger partial charge in [0.1, 0.15) is 18.4 Å². The maximum atomic E-state index is 14.2. The number of fused-ring (bicyclic) bond motifs is 3. The van der Waals surface area contributed by atoms with Crippen molar-refractivity contribution >= 4 is 17.5 Å². The van der Waals surface area contributed by atoms with Crippen molar-refractivity contribution in [3.63, 3.8) is 0 Å². The van der Waals surface area contributed by atoms with E-state index in [0.717, 1.165) is 41.0 Å². The Morgan fingerprint density at radius 3 is 2.44 bits per heavy atom. The zero-order valence-corrected chi connectivity index (χ0v) is 20.0. The van der Waals surface area contributed by atoms with Crippen LogP contribution in [0.2, 0.25) is 0 Å². The molecule has 0 spiro atoms. The Morgan fingerprint density at radius 1 is 0.917 bits per heavy atom. The summed E-state index contributed by atoms with van der Waals surface area (Å²) >= 11 is 0. The van der Waals surface area contributed by atoms with Crippen LogP contribution in [-0.4, -0.2) is 33.9 Å². The molecule has 1 aliphatic carbocycles. The first-order valence-corrected chi connectivity index (χ1v) is 12.2. The molecule has 1 aromatic heterocycles. The van der Waals surface area contributed by atoms with Crippen molar-refractivity contribution in [3.05, 3.63) is 119 Å². The summed E-state index contributed by atoms with van der Waals surface area (Å²) in [7, 11) is 0. The van der Waals surface area contributed by atoms with Gasteiger partial charge in [-0.05, 0) is 67.8 Å². The summed E-state index contributed by atoms with van der Waals surface area (Å²) in [4.78, 5) is 31.0. The predicted octanol–water partition coefficient (Wildman–Crippen LogP) is 5.67. The van der Waals surface area contributed by atoms with E-state index in [1.54, 1.807) is 11.0 Å². The van der Waals surface area contributed by atoms with Crippen molar-refractivity contribution in [1.82, 2.24) is 9.47 Å². The smallest absolute Gasteiger partial charge is 0.254 e. The van der Waals surface area contributed by atoms with Gasteiger partial charge in [0.15, 0.2) is 0 Å². The van der Waals surface area contributed by atoms with Crippen LogP contribution < -0.4 is 4.90 Å². The number of amides is 2. The summed E-state index contributed by atoms with van der Waals surface area (Å²) in [6.45, 7) is 1.97. The van der Waals surface area contributed by atoms with E-state index < -0.39 is 5.82 Å². The molecule has 0 radical (unpaired) electrons. The first kappa shape index (κ1) is 22.3. The van der Waals surface area contributed by atoms with Gasteiger partial charge in [-0.25, -0.2) is 4.39 Å². The van der Waals surface area contributed by atoms with Crippen LogP contribution in [0.3, 0.4) is 0 Å². The number of aromatic nitrogens is 1. The fraction of sp³-hybridized carbons (Fsp3) is 0.200. The van der Waals surface area contributed by atoms with E-state index in [-0.39, 0.29) is 36.0 Å². The Labute approximate surface area is 209 Å². The van der Waals surface area contributed by atoms with Crippen LogP contribution in [0, 0.1) is 12.7 Å². The van der Waals surface area contributed by atoms with Crippen LogP contribution in [0.15, 0.2) is 91.1 Å². The Hall–Kier alpha value is -4.19. The first-order valence-electron chi connectivity index (χ1n) is 12.2. The number of halogens is 1. The highest BCUT2D eigenvalue weighted by molar-refractivity contribution is 6.03. The summed E-state index contributed by atoms with van der Waals surface area (Å²) in [6, 6.07) is 25.4. The lowest BCUT2D eigenvalue weighted by atomic mass is 9.96. The summed E-state index contributed by atoms with van der Waals surface area (Å²) in [5, 5.41) is 0. The molecule has 2 heterocycles. The van der Waals surface area contributed by atoms with Crippen LogP contribution in [-0.2, 0) is 4.79 Å². The van der Waals surface area contributed by atoms with E-state index in [2.05, 4.69) is 10.6 Å². The van der Waals surface area contributed by atoms with Crippen molar-refractivity contribution in [2.75, 3.05) is 11.4 Å². The summed E-state index contributed by atoms with van der Waals surface area (Å²) in [5.41, 5.74) is 5.08. The van der Waals surface area contributed by atoms with Gasteiger partial charge in [-0.15, -0.1) is 0 Å². The van der Waals surface area contributed by atoms with Crippen LogP contribution in [0.25, 0.3) is 5.69 Å². The predicted molar refractivity (Wildman–Crippen MR) is 137 cm³/mol. The number of aryl methyl sites for hydroxylation is 1. The molecule has 2 aliphatic rings. The van der Waals surface area contributed by atoms with Crippen LogP contribution in [0.4, 0.5) is 10.1 Å². The molecule has 6 heteroatoms. The molecule has 4 aromatic rings. The Bertz CT molecular complexity index is 1470. The minimum Gasteiger partial charge on any atom is -0.326 e. The number of anilines is 1. The first-order chi connectivity index (χ1) is 17.5. The summed E-state index contributed by atoms with van der Waals surface area (Å²) < 4.78 is 16.0. The van der Waals surface area contributed by atoms with E-state index in [0.29, 0.717) is 0 Å². The second kappa shape index (κ2) is 8.79. The number of rotatable bonds is 5. The van der Waals surface area contributed by atoms with Gasteiger partial charge in [0, 0.05) is 17.8 Å². The third kappa shape index (κ3) is 3.88. The third-order valence-electron chi connectivity index (χ3n) is 6.97. The molecule has 180 valence electrons. The second-order valence-electron chi connectivity index (χ2n) is 9.55. The SMILES string of the molecule is Cc1cccc(C2c3cccn3-c3ccccc3N2C(=O)CN(C(=O)c2cccc(F)c2)C2CC2)c1. The Kier molecular flexibility index (Phi) is 5.44. The number of hydrogen-bond donors (Lipinski definition) is 0. The Morgan fingerprint density at radius 2 is 1.69 bits per heavy atom. The molecular weight excluding hydrogens is 453 g/mol. The molecule has 3 aromatic carbocycles. The largest absolute Gasteiger partial charge is 0.326 e. The molecule has 5 nitrogen and oxygen atoms in total. The molecule has 6 rings (SSSR count). The molecule has 0 saturated heterocycles. The molecule has 0 N–H and O–H groups in total. The lowest BCUT2D eigenvalue weighted by molar-refractivity contribution is -0.119. The van der Waals surface area contributed by atoms with Crippen LogP contribution in [0.1, 0.15) is 46.1 Å². The van der Waals surface area contributed by atoms with Gasteiger partial charge in [0.25, 0.3) is 5.91 Å². The molecule has 1 saturated carbocycles. The van der Waals surface area contributed by atoms with Gasteiger partial charge in [-0.3, -0.25) is 14.5 Å². The van der Waals surface area contributed by atoms with Gasteiger partial charge in [-0.1, -0.05) is 48.0 Å². The average molecular weight is 480 g/mol. The lowest BCUT2D eigenvalue weighted by Crippen LogP contribution is -2.47. The molecule has 36 heavy (non-hydrogen) atoms. The minimum absolute atomic E-state index is 0.00830. The van der Waals surface area contributed by atoms with E-state index in [1.807, 2.05) is 72.6 Å². The van der Waals surface area contributed by atoms with Crippen molar-refractivity contribution in [3.8, 4) is 5.69 Å². The summed E-state index contributed by atoms with van der Waals surface area (Å²) in [6.07, 6.45) is 3.70. The zero-order valence-electron chi connectivity index (χ0n) is 20.0. The highest BCUT2D eigenvalue weighted by Crippen LogP contribution is 2.42. The van der Waals surface area contributed by atoms with Crippen molar-refractivity contribution in [1.29, 1.82) is 0 Å². The average Bonchev–Trinajstić information content (AvgIpc) is 3.61. The van der Waals surface area contributed by atoms with Crippen molar-refractivity contribution in [2.45, 2.75) is 31.8 Å². The fourth-order valence-electron chi connectivity index (χ4n) is 5.18. The topological polar surface area (TPSA) is 45.6 Å². The van der Waals surface area contributed by atoms with Crippen LogP contribution >= 0.6 is 0 Å². The van der Waals surface area contributed by atoms with Gasteiger partial charge in [0.05, 0.1) is 17.1 Å². The Balaban J connectivity index is 1.42. The van der Waals surface area contributed by atoms with Gasteiger partial charge < -0.3 is 9.47 Å². The maximum absolute atomic E-state index is 14.2. The van der Waals surface area contributed by atoms with E-state index in [1.165, 1.54) is 18.2 Å². The molecular formula is C30H26FN3O2. The van der Waals surface area contributed by atoms with Gasteiger partial charge in [-0.2, -0.15) is 0 Å². The number of carbonyl (C=O) groups excluding carboxylic acids is 2. The zero-order chi connectivity index (χ0) is 24.8. The fourth-order valence-corrected chi connectivity index (χ4v) is 5.18. The molecule has 1 unspecified atom stereocenters. The van der Waals surface area contributed by atoms with E-state index in [4.69, 9.17) is 0 Å². The molecule has 0 bridgehead atoms. The van der Waals surface area contributed by atoms with Crippen LogP contribution in [0.5, 0.6) is 0 Å². The standard InChI is InChI=1S/C30H26FN3O2/c1-20-7-4-8-21(17-20)29-27-13-6-16-32(27)25-11-2-3-12-26(25)34(29)28(35)19-33(24-14-15-24)30(36)22-9-5-10-23(31)18-22/h2-13,16-18,24,29H,14-15,19H2,1H3. The number of nitrogens with zero attached hydrogens (tertiary/aromatic N) is 3. The third-order valence-corrected chi connectivity index (χ3v) is 6.97. The number of benzene rings is 3.